The predicted molar refractivity (Wildman–Crippen MR) is 44.9 cm³/mol. The number of aromatic amines is 2. The molecule has 0 spiro atoms. The van der Waals surface area contributed by atoms with Crippen molar-refractivity contribution in [2.24, 2.45) is 0 Å². The highest BCUT2D eigenvalue weighted by atomic mass is 35.5. The molecule has 62 valence electrons. The van der Waals surface area contributed by atoms with Gasteiger partial charge in [0, 0.05) is 0 Å². The summed E-state index contributed by atoms with van der Waals surface area (Å²) in [6, 6.07) is 0. The molecule has 2 aromatic heterocycles. The number of imidazole rings is 1. The van der Waals surface area contributed by atoms with Crippen molar-refractivity contribution in [2.75, 3.05) is 5.73 Å². The molecule has 2 rings (SSSR count). The van der Waals surface area contributed by atoms with Crippen LogP contribution in [-0.4, -0.2) is 15.0 Å². The molecule has 4 N–H and O–H groups in total. The van der Waals surface area contributed by atoms with Gasteiger partial charge in [-0.1, -0.05) is 16.6 Å². The van der Waals surface area contributed by atoms with E-state index in [9.17, 15) is 0 Å². The van der Waals surface area contributed by atoms with Gasteiger partial charge in [-0.25, -0.2) is 4.98 Å². The lowest BCUT2D eigenvalue weighted by Gasteiger charge is -1.86. The Hall–Kier alpha value is -1.07. The number of nitrogens with zero attached hydrogens (tertiary/aromatic N) is 2. The maximum absolute atomic E-state index is 5.73. The second-order valence-electron chi connectivity index (χ2n) is 2.17. The second-order valence-corrected chi connectivity index (χ2v) is 2.87. The number of rotatable bonds is 0. The van der Waals surface area contributed by atoms with Crippen molar-refractivity contribution in [3.63, 3.8) is 0 Å². The SMILES string of the molecule is Nc1[nH]c2c(Cl)nc(Cl)nc2[nH+]1. The van der Waals surface area contributed by atoms with Crippen LogP contribution in [0.1, 0.15) is 0 Å². The number of anilines is 1. The highest BCUT2D eigenvalue weighted by Gasteiger charge is 2.13. The number of hydrogen-bond acceptors (Lipinski definition) is 3. The maximum atomic E-state index is 5.73. The van der Waals surface area contributed by atoms with Gasteiger partial charge in [0.15, 0.2) is 10.7 Å². The molecular weight excluding hydrogens is 201 g/mol. The summed E-state index contributed by atoms with van der Waals surface area (Å²) >= 11 is 11.3. The first-order chi connectivity index (χ1) is 5.66. The van der Waals surface area contributed by atoms with Crippen molar-refractivity contribution >= 4 is 40.3 Å². The van der Waals surface area contributed by atoms with Crippen molar-refractivity contribution in [2.45, 2.75) is 0 Å². The number of nitrogen functional groups attached to an aromatic ring is 1. The first-order valence-electron chi connectivity index (χ1n) is 3.06. The predicted octanol–water partition coefficient (Wildman–Crippen LogP) is 0.661. The van der Waals surface area contributed by atoms with Gasteiger partial charge in [0.05, 0.1) is 0 Å². The lowest BCUT2D eigenvalue weighted by molar-refractivity contribution is -0.328. The van der Waals surface area contributed by atoms with Gasteiger partial charge in [-0.05, 0) is 11.6 Å². The van der Waals surface area contributed by atoms with Gasteiger partial charge in [0.25, 0.3) is 10.9 Å². The number of nitrogens with one attached hydrogen (secondary N) is 2. The first-order valence-corrected chi connectivity index (χ1v) is 3.82. The summed E-state index contributed by atoms with van der Waals surface area (Å²) in [4.78, 5) is 13.1. The molecule has 0 aromatic carbocycles. The quantitative estimate of drug-likeness (QED) is 0.489. The van der Waals surface area contributed by atoms with E-state index in [1.807, 2.05) is 0 Å². The number of nitrogens with two attached hydrogens (primary N) is 1. The fourth-order valence-corrected chi connectivity index (χ4v) is 1.33. The number of fused-ring (bicyclic) bond motifs is 1. The molecule has 0 aliphatic carbocycles. The average Bonchev–Trinajstić information content (AvgIpc) is 2.29. The van der Waals surface area contributed by atoms with E-state index in [4.69, 9.17) is 28.9 Å². The van der Waals surface area contributed by atoms with E-state index < -0.39 is 0 Å². The Balaban J connectivity index is 2.88. The van der Waals surface area contributed by atoms with Crippen LogP contribution in [0.15, 0.2) is 0 Å². The summed E-state index contributed by atoms with van der Waals surface area (Å²) in [5.74, 6) is 0.364. The Bertz CT molecular complexity index is 437. The van der Waals surface area contributed by atoms with E-state index >= 15 is 0 Å². The van der Waals surface area contributed by atoms with Gasteiger partial charge >= 0.3 is 5.95 Å². The van der Waals surface area contributed by atoms with E-state index in [0.717, 1.165) is 0 Å². The Labute approximate surface area is 76.9 Å². The van der Waals surface area contributed by atoms with Crippen molar-refractivity contribution in [3.05, 3.63) is 10.4 Å². The highest BCUT2D eigenvalue weighted by molar-refractivity contribution is 6.35. The minimum Gasteiger partial charge on any atom is -0.310 e. The Morgan fingerprint density at radius 3 is 2.83 bits per heavy atom. The van der Waals surface area contributed by atoms with E-state index in [1.165, 1.54) is 0 Å². The second kappa shape index (κ2) is 2.46. The summed E-state index contributed by atoms with van der Waals surface area (Å²) in [7, 11) is 0. The summed E-state index contributed by atoms with van der Waals surface area (Å²) in [5, 5.41) is 0.334. The number of H-pyrrole nitrogens is 2. The third kappa shape index (κ3) is 1.07. The van der Waals surface area contributed by atoms with Crippen LogP contribution >= 0.6 is 23.2 Å². The van der Waals surface area contributed by atoms with Gasteiger partial charge in [-0.3, -0.25) is 4.98 Å². The third-order valence-corrected chi connectivity index (χ3v) is 1.79. The zero-order valence-corrected chi connectivity index (χ0v) is 7.24. The Morgan fingerprint density at radius 2 is 2.08 bits per heavy atom. The molecule has 12 heavy (non-hydrogen) atoms. The molecule has 0 atom stereocenters. The molecule has 0 unspecified atom stereocenters. The van der Waals surface area contributed by atoms with Crippen molar-refractivity contribution in [3.8, 4) is 0 Å². The number of halogens is 2. The molecule has 0 aliphatic rings. The van der Waals surface area contributed by atoms with Crippen molar-refractivity contribution < 1.29 is 4.98 Å². The van der Waals surface area contributed by atoms with E-state index in [1.54, 1.807) is 0 Å². The van der Waals surface area contributed by atoms with Gasteiger partial charge in [0.1, 0.15) is 0 Å². The molecule has 0 saturated carbocycles. The Morgan fingerprint density at radius 1 is 1.33 bits per heavy atom. The lowest BCUT2D eigenvalue weighted by Crippen LogP contribution is -2.06. The summed E-state index contributed by atoms with van der Waals surface area (Å²) in [6.07, 6.45) is 0. The third-order valence-electron chi connectivity index (χ3n) is 1.35. The zero-order valence-electron chi connectivity index (χ0n) is 5.73. The summed E-state index contributed by atoms with van der Waals surface area (Å²) in [6.45, 7) is 0. The zero-order chi connectivity index (χ0) is 8.72. The largest absolute Gasteiger partial charge is 0.310 e. The lowest BCUT2D eigenvalue weighted by atomic mass is 10.6. The summed E-state index contributed by atoms with van der Waals surface area (Å²) in [5.41, 5.74) is 6.48. The fourth-order valence-electron chi connectivity index (χ4n) is 0.902. The minimum atomic E-state index is 0.0859. The van der Waals surface area contributed by atoms with Crippen molar-refractivity contribution in [1.82, 2.24) is 15.0 Å². The normalized spacial score (nSPS) is 10.8. The van der Waals surface area contributed by atoms with Crippen LogP contribution in [0.25, 0.3) is 11.2 Å². The standard InChI is InChI=1S/C5H3Cl2N5/c6-2-1-3(11-4(7)10-2)12-5(8)9-1/h(H3,8,9,10,11,12)/p+1. The molecule has 2 heterocycles. The Kier molecular flexibility index (Phi) is 1.55. The number of aromatic nitrogens is 4. The molecule has 2 aromatic rings. The van der Waals surface area contributed by atoms with Gasteiger partial charge < -0.3 is 5.73 Å². The van der Waals surface area contributed by atoms with Crippen LogP contribution in [0.2, 0.25) is 10.4 Å². The molecular formula is C5H4Cl2N5+. The van der Waals surface area contributed by atoms with Crippen LogP contribution < -0.4 is 10.7 Å². The van der Waals surface area contributed by atoms with Gasteiger partial charge in [0.2, 0.25) is 0 Å². The first kappa shape index (κ1) is 7.57. The average molecular weight is 205 g/mol. The summed E-state index contributed by atoms with van der Waals surface area (Å²) < 4.78 is 0. The highest BCUT2D eigenvalue weighted by Crippen LogP contribution is 2.17. The molecule has 5 nitrogen and oxygen atoms in total. The molecule has 0 saturated heterocycles. The van der Waals surface area contributed by atoms with Crippen molar-refractivity contribution in [1.29, 1.82) is 0 Å². The van der Waals surface area contributed by atoms with Crippen LogP contribution in [0.4, 0.5) is 5.95 Å². The van der Waals surface area contributed by atoms with Crippen LogP contribution in [0, 0.1) is 0 Å². The topological polar surface area (TPSA) is 81.7 Å². The smallest absolute Gasteiger partial charge is 0.310 e. The molecule has 7 heteroatoms. The van der Waals surface area contributed by atoms with E-state index in [2.05, 4.69) is 19.9 Å². The molecule has 0 radical (unpaired) electrons. The monoisotopic (exact) mass is 204 g/mol. The van der Waals surface area contributed by atoms with Crippen LogP contribution in [0.5, 0.6) is 0 Å². The maximum Gasteiger partial charge on any atom is 0.310 e. The molecule has 0 aliphatic heterocycles. The number of hydrogen-bond donors (Lipinski definition) is 2. The fraction of sp³-hybridized carbons (Fsp3) is 0. The van der Waals surface area contributed by atoms with Gasteiger partial charge in [-0.15, -0.1) is 0 Å². The van der Waals surface area contributed by atoms with E-state index in [0.29, 0.717) is 17.1 Å². The molecule has 0 amide bonds. The van der Waals surface area contributed by atoms with Crippen LogP contribution in [-0.2, 0) is 0 Å². The van der Waals surface area contributed by atoms with Crippen LogP contribution in [0.3, 0.4) is 0 Å². The molecule has 0 fully saturated rings. The van der Waals surface area contributed by atoms with Gasteiger partial charge in [-0.2, -0.15) is 4.98 Å². The van der Waals surface area contributed by atoms with E-state index in [-0.39, 0.29) is 10.4 Å². The molecule has 0 bridgehead atoms. The minimum absolute atomic E-state index is 0.0859.